The van der Waals surface area contributed by atoms with Crippen molar-refractivity contribution in [3.8, 4) is 0 Å². The summed E-state index contributed by atoms with van der Waals surface area (Å²) < 4.78 is 83.9. The Morgan fingerprint density at radius 2 is 1.57 bits per heavy atom. The van der Waals surface area contributed by atoms with Gasteiger partial charge in [-0.25, -0.2) is 13.2 Å². The van der Waals surface area contributed by atoms with E-state index in [0.29, 0.717) is 34.7 Å². The molecule has 30 heavy (non-hydrogen) atoms. The third-order valence-electron chi connectivity index (χ3n) is 4.71. The van der Waals surface area contributed by atoms with E-state index in [1.165, 1.54) is 25.1 Å². The maximum Gasteiger partial charge on any atom is 0.399 e. The fourth-order valence-corrected chi connectivity index (χ4v) is 3.32. The zero-order valence-electron chi connectivity index (χ0n) is 16.9. The van der Waals surface area contributed by atoms with E-state index < -0.39 is 29.4 Å². The van der Waals surface area contributed by atoms with Crippen molar-refractivity contribution in [3.63, 3.8) is 0 Å². The van der Waals surface area contributed by atoms with Crippen LogP contribution in [0.1, 0.15) is 53.1 Å². The third-order valence-corrected chi connectivity index (χ3v) is 5.31. The van der Waals surface area contributed by atoms with Crippen molar-refractivity contribution in [1.29, 1.82) is 0 Å². The van der Waals surface area contributed by atoms with Gasteiger partial charge in [-0.3, -0.25) is 0 Å². The quantitative estimate of drug-likeness (QED) is 0.403. The molecule has 0 bridgehead atoms. The molecule has 0 spiro atoms. The summed E-state index contributed by atoms with van der Waals surface area (Å²) in [7, 11) is 0. The number of alkyl halides is 5. The Morgan fingerprint density at radius 1 is 1.03 bits per heavy atom. The second kappa shape index (κ2) is 8.50. The van der Waals surface area contributed by atoms with Crippen LogP contribution in [0.15, 0.2) is 43.0 Å². The molecule has 0 aliphatic carbocycles. The molecule has 2 aromatic carbocycles. The number of benzene rings is 2. The van der Waals surface area contributed by atoms with Crippen LogP contribution in [0.2, 0.25) is 5.02 Å². The largest absolute Gasteiger partial charge is 0.399 e. The van der Waals surface area contributed by atoms with Crippen LogP contribution in [0, 0.1) is 13.8 Å². The molecule has 1 unspecified atom stereocenters. The van der Waals surface area contributed by atoms with Gasteiger partial charge in [0.15, 0.2) is 0 Å². The van der Waals surface area contributed by atoms with E-state index in [9.17, 15) is 26.3 Å². The van der Waals surface area contributed by atoms with E-state index in [-0.39, 0.29) is 16.7 Å². The average Bonchev–Trinajstić information content (AvgIpc) is 2.61. The Balaban J connectivity index is 2.62. The van der Waals surface area contributed by atoms with Crippen molar-refractivity contribution >= 4 is 23.0 Å². The molecule has 7 heteroatoms. The van der Waals surface area contributed by atoms with Crippen LogP contribution >= 0.6 is 11.6 Å². The predicted molar refractivity (Wildman–Crippen MR) is 110 cm³/mol. The highest BCUT2D eigenvalue weighted by atomic mass is 35.5. The van der Waals surface area contributed by atoms with Gasteiger partial charge in [0.2, 0.25) is 0 Å². The molecule has 0 amide bonds. The molecule has 0 nitrogen and oxygen atoms in total. The molecule has 162 valence electrons. The summed E-state index contributed by atoms with van der Waals surface area (Å²) in [5.41, 5.74) is 0.252. The Labute approximate surface area is 176 Å². The lowest BCUT2D eigenvalue weighted by Crippen LogP contribution is -2.19. The van der Waals surface area contributed by atoms with E-state index in [4.69, 9.17) is 11.6 Å². The highest BCUT2D eigenvalue weighted by molar-refractivity contribution is 6.32. The molecule has 0 saturated heterocycles. The zero-order valence-corrected chi connectivity index (χ0v) is 17.7. The van der Waals surface area contributed by atoms with Crippen LogP contribution in [0.25, 0.3) is 11.4 Å². The van der Waals surface area contributed by atoms with Crippen LogP contribution in [0.3, 0.4) is 0 Å². The second-order valence-corrected chi connectivity index (χ2v) is 7.81. The molecule has 0 radical (unpaired) electrons. The molecule has 0 aliphatic rings. The molecule has 0 N–H and O–H groups in total. The first kappa shape index (κ1) is 24.1. The maximum absolute atomic E-state index is 14.9. The minimum atomic E-state index is -4.79. The number of allylic oxidation sites excluding steroid dienone is 2. The van der Waals surface area contributed by atoms with Gasteiger partial charge in [-0.15, -0.1) is 0 Å². The second-order valence-electron chi connectivity index (χ2n) is 7.43. The van der Waals surface area contributed by atoms with Crippen molar-refractivity contribution in [3.05, 3.63) is 81.4 Å². The average molecular weight is 447 g/mol. The van der Waals surface area contributed by atoms with Crippen molar-refractivity contribution in [2.45, 2.75) is 45.7 Å². The van der Waals surface area contributed by atoms with Gasteiger partial charge in [-0.2, -0.15) is 13.2 Å². The molecule has 0 saturated carbocycles. The van der Waals surface area contributed by atoms with Crippen molar-refractivity contribution in [1.82, 2.24) is 0 Å². The van der Waals surface area contributed by atoms with E-state index in [2.05, 4.69) is 6.58 Å². The Kier molecular flexibility index (Phi) is 6.82. The van der Waals surface area contributed by atoms with E-state index in [1.54, 1.807) is 13.8 Å². The maximum atomic E-state index is 14.9. The van der Waals surface area contributed by atoms with Gasteiger partial charge in [-0.05, 0) is 55.2 Å². The Hall–Kier alpha value is -2.21. The molecule has 0 fully saturated rings. The van der Waals surface area contributed by atoms with Gasteiger partial charge in [0.1, 0.15) is 11.7 Å². The number of aryl methyl sites for hydroxylation is 2. The Bertz CT molecular complexity index is 973. The van der Waals surface area contributed by atoms with Crippen LogP contribution in [-0.2, 0) is 5.92 Å². The fraction of sp³-hybridized carbons (Fsp3) is 0.304. The van der Waals surface area contributed by atoms with Gasteiger partial charge in [0, 0.05) is 23.1 Å². The number of halogens is 7. The molecule has 2 rings (SSSR count). The van der Waals surface area contributed by atoms with E-state index in [0.717, 1.165) is 12.1 Å². The van der Waals surface area contributed by atoms with Gasteiger partial charge in [0.05, 0.1) is 0 Å². The standard InChI is InChI=1S/C23H21ClF6/c1-12(2)17-7-6-15(10-19(17)22(5,26)27)20(25)11-18(23(28,29)30)16-8-13(3)21(24)14(4)9-16/h6-11,18H,1H2,2-5H3/b20-11-. The van der Waals surface area contributed by atoms with Gasteiger partial charge in [0.25, 0.3) is 5.92 Å². The monoisotopic (exact) mass is 446 g/mol. The molecule has 2 aromatic rings. The van der Waals surface area contributed by atoms with Crippen LogP contribution < -0.4 is 0 Å². The predicted octanol–water partition coefficient (Wildman–Crippen LogP) is 8.76. The molecule has 0 heterocycles. The van der Waals surface area contributed by atoms with Gasteiger partial charge < -0.3 is 0 Å². The van der Waals surface area contributed by atoms with E-state index in [1.807, 2.05) is 0 Å². The summed E-state index contributed by atoms with van der Waals surface area (Å²) in [6, 6.07) is 5.75. The van der Waals surface area contributed by atoms with E-state index >= 15 is 0 Å². The third kappa shape index (κ3) is 5.28. The topological polar surface area (TPSA) is 0 Å². The smallest absolute Gasteiger partial charge is 0.207 e. The number of hydrogen-bond donors (Lipinski definition) is 0. The summed E-state index contributed by atoms with van der Waals surface area (Å²) in [4.78, 5) is 0. The van der Waals surface area contributed by atoms with Crippen molar-refractivity contribution < 1.29 is 26.3 Å². The summed E-state index contributed by atoms with van der Waals surface area (Å²) >= 11 is 6.02. The van der Waals surface area contributed by atoms with Gasteiger partial charge >= 0.3 is 6.18 Å². The SMILES string of the molecule is C=C(C)c1ccc(/C(F)=C/C(c2cc(C)c(Cl)c(C)c2)C(F)(F)F)cc1C(C)(F)F. The van der Waals surface area contributed by atoms with Crippen molar-refractivity contribution in [2.24, 2.45) is 0 Å². The van der Waals surface area contributed by atoms with Crippen molar-refractivity contribution in [2.75, 3.05) is 0 Å². The first-order valence-electron chi connectivity index (χ1n) is 9.02. The number of hydrogen-bond acceptors (Lipinski definition) is 0. The highest BCUT2D eigenvalue weighted by Gasteiger charge is 2.40. The highest BCUT2D eigenvalue weighted by Crippen LogP contribution is 2.41. The lowest BCUT2D eigenvalue weighted by molar-refractivity contribution is -0.139. The van der Waals surface area contributed by atoms with Crippen LogP contribution in [0.4, 0.5) is 26.3 Å². The van der Waals surface area contributed by atoms with Gasteiger partial charge in [-0.1, -0.05) is 48.0 Å². The molecule has 0 aliphatic heterocycles. The lowest BCUT2D eigenvalue weighted by Gasteiger charge is -2.20. The minimum absolute atomic E-state index is 0.121. The zero-order chi connectivity index (χ0) is 23.0. The van der Waals surface area contributed by atoms with Crippen LogP contribution in [0.5, 0.6) is 0 Å². The first-order chi connectivity index (χ1) is 13.6. The molecular weight excluding hydrogens is 426 g/mol. The lowest BCUT2D eigenvalue weighted by atomic mass is 9.92. The molecule has 1 atom stereocenters. The summed E-state index contributed by atoms with van der Waals surface area (Å²) in [6.45, 7) is 8.88. The normalized spacial score (nSPS) is 14.0. The van der Waals surface area contributed by atoms with Crippen LogP contribution in [-0.4, -0.2) is 6.18 Å². The molecule has 0 aromatic heterocycles. The summed E-state index contributed by atoms with van der Waals surface area (Å²) in [6.07, 6.45) is -4.39. The summed E-state index contributed by atoms with van der Waals surface area (Å²) in [5.74, 6) is -6.83. The number of rotatable bonds is 5. The Morgan fingerprint density at radius 3 is 2.00 bits per heavy atom. The minimum Gasteiger partial charge on any atom is -0.207 e. The first-order valence-corrected chi connectivity index (χ1v) is 9.40. The fourth-order valence-electron chi connectivity index (χ4n) is 3.21. The molecular formula is C23H21ClF6. The summed E-state index contributed by atoms with van der Waals surface area (Å²) in [5, 5.41) is 0.328.